The number of para-hydroxylation sites is 1. The summed E-state index contributed by atoms with van der Waals surface area (Å²) in [4.78, 5) is 30.1. The molecule has 29 heavy (non-hydrogen) atoms. The number of hydrogen-bond acceptors (Lipinski definition) is 3. The van der Waals surface area contributed by atoms with E-state index < -0.39 is 0 Å². The van der Waals surface area contributed by atoms with Gasteiger partial charge >= 0.3 is 0 Å². The van der Waals surface area contributed by atoms with E-state index in [1.165, 1.54) is 10.9 Å². The van der Waals surface area contributed by atoms with Crippen LogP contribution < -0.4 is 15.0 Å². The van der Waals surface area contributed by atoms with E-state index in [1.54, 1.807) is 12.0 Å². The van der Waals surface area contributed by atoms with Gasteiger partial charge in [0.1, 0.15) is 5.75 Å². The summed E-state index contributed by atoms with van der Waals surface area (Å²) in [5.74, 6) is 0.165. The average Bonchev–Trinajstić information content (AvgIpc) is 3.31. The van der Waals surface area contributed by atoms with Crippen LogP contribution in [0, 0.1) is 12.8 Å². The monoisotopic (exact) mass is 391 g/mol. The average molecular weight is 391 g/mol. The molecular weight excluding hydrogens is 366 g/mol. The highest BCUT2D eigenvalue weighted by Gasteiger charge is 2.36. The van der Waals surface area contributed by atoms with E-state index in [-0.39, 0.29) is 24.2 Å². The van der Waals surface area contributed by atoms with Crippen molar-refractivity contribution in [1.82, 2.24) is 10.3 Å². The highest BCUT2D eigenvalue weighted by molar-refractivity contribution is 6.01. The molecule has 1 aromatic heterocycles. The standard InChI is InChI=1S/C23H25N3O3/c1-15-7-8-21(29-2)20(11-15)26-14-17(12-22(26)27)23(28)24-10-9-16-13-25-19-6-4-3-5-18(16)19/h3-8,11,13,17,25H,9-10,12,14H2,1-2H3,(H,24,28). The lowest BCUT2D eigenvalue weighted by Gasteiger charge is -2.20. The largest absolute Gasteiger partial charge is 0.495 e. The molecule has 1 aliphatic heterocycles. The minimum absolute atomic E-state index is 0.0503. The first-order chi connectivity index (χ1) is 14.1. The van der Waals surface area contributed by atoms with Gasteiger partial charge in [-0.05, 0) is 42.7 Å². The van der Waals surface area contributed by atoms with Crippen molar-refractivity contribution in [2.45, 2.75) is 19.8 Å². The number of aromatic nitrogens is 1. The number of rotatable bonds is 6. The van der Waals surface area contributed by atoms with E-state index in [4.69, 9.17) is 4.74 Å². The number of aryl methyl sites for hydroxylation is 1. The molecule has 0 aliphatic carbocycles. The summed E-state index contributed by atoms with van der Waals surface area (Å²) in [7, 11) is 1.59. The fraction of sp³-hybridized carbons (Fsp3) is 0.304. The number of nitrogens with zero attached hydrogens (tertiary/aromatic N) is 1. The normalized spacial score (nSPS) is 16.4. The molecule has 1 atom stereocenters. The highest BCUT2D eigenvalue weighted by Crippen LogP contribution is 2.34. The van der Waals surface area contributed by atoms with Crippen LogP contribution in [-0.4, -0.2) is 37.0 Å². The van der Waals surface area contributed by atoms with Gasteiger partial charge in [-0.15, -0.1) is 0 Å². The van der Waals surface area contributed by atoms with Crippen LogP contribution in [0.3, 0.4) is 0 Å². The van der Waals surface area contributed by atoms with Crippen molar-refractivity contribution in [2.24, 2.45) is 5.92 Å². The number of methoxy groups -OCH3 is 1. The van der Waals surface area contributed by atoms with E-state index in [2.05, 4.69) is 16.4 Å². The van der Waals surface area contributed by atoms with E-state index in [1.807, 2.05) is 49.5 Å². The van der Waals surface area contributed by atoms with Crippen molar-refractivity contribution in [2.75, 3.05) is 25.1 Å². The van der Waals surface area contributed by atoms with Gasteiger partial charge in [0.2, 0.25) is 11.8 Å². The number of aromatic amines is 1. The van der Waals surface area contributed by atoms with Crippen LogP contribution in [-0.2, 0) is 16.0 Å². The maximum atomic E-state index is 12.7. The highest BCUT2D eigenvalue weighted by atomic mass is 16.5. The lowest BCUT2D eigenvalue weighted by atomic mass is 10.1. The van der Waals surface area contributed by atoms with Crippen molar-refractivity contribution in [1.29, 1.82) is 0 Å². The smallest absolute Gasteiger partial charge is 0.227 e. The number of H-pyrrole nitrogens is 1. The number of amides is 2. The zero-order chi connectivity index (χ0) is 20.4. The maximum absolute atomic E-state index is 12.7. The number of nitrogens with one attached hydrogen (secondary N) is 2. The Balaban J connectivity index is 1.38. The first-order valence-electron chi connectivity index (χ1n) is 9.84. The SMILES string of the molecule is COc1ccc(C)cc1N1CC(C(=O)NCCc2c[nH]c3ccccc23)CC1=O. The summed E-state index contributed by atoms with van der Waals surface area (Å²) in [6, 6.07) is 13.8. The van der Waals surface area contributed by atoms with Gasteiger partial charge < -0.3 is 19.9 Å². The van der Waals surface area contributed by atoms with E-state index in [9.17, 15) is 9.59 Å². The van der Waals surface area contributed by atoms with Crippen LogP contribution in [0.5, 0.6) is 5.75 Å². The van der Waals surface area contributed by atoms with Crippen LogP contribution >= 0.6 is 0 Å². The van der Waals surface area contributed by atoms with E-state index in [0.29, 0.717) is 18.8 Å². The first kappa shape index (κ1) is 19.1. The molecule has 0 bridgehead atoms. The number of carbonyl (C=O) groups excluding carboxylic acids is 2. The topological polar surface area (TPSA) is 74.4 Å². The molecule has 3 aromatic rings. The van der Waals surface area contributed by atoms with Gasteiger partial charge in [0.25, 0.3) is 0 Å². The van der Waals surface area contributed by atoms with Crippen LogP contribution in [0.15, 0.2) is 48.7 Å². The van der Waals surface area contributed by atoms with Crippen molar-refractivity contribution in [3.8, 4) is 5.75 Å². The van der Waals surface area contributed by atoms with Gasteiger partial charge in [0, 0.05) is 36.6 Å². The Morgan fingerprint density at radius 2 is 2.10 bits per heavy atom. The number of benzene rings is 2. The Morgan fingerprint density at radius 1 is 1.28 bits per heavy atom. The van der Waals surface area contributed by atoms with Gasteiger partial charge in [0.05, 0.1) is 18.7 Å². The molecule has 0 saturated carbocycles. The van der Waals surface area contributed by atoms with Gasteiger partial charge in [-0.1, -0.05) is 24.3 Å². The summed E-state index contributed by atoms with van der Waals surface area (Å²) >= 11 is 0. The Labute approximate surface area is 169 Å². The zero-order valence-corrected chi connectivity index (χ0v) is 16.7. The predicted octanol–water partition coefficient (Wildman–Crippen LogP) is 3.20. The van der Waals surface area contributed by atoms with E-state index >= 15 is 0 Å². The maximum Gasteiger partial charge on any atom is 0.227 e. The van der Waals surface area contributed by atoms with Crippen LogP contribution in [0.1, 0.15) is 17.5 Å². The molecule has 1 fully saturated rings. The number of ether oxygens (including phenoxy) is 1. The second-order valence-corrected chi connectivity index (χ2v) is 7.48. The summed E-state index contributed by atoms with van der Waals surface area (Å²) in [6.07, 6.45) is 2.95. The fourth-order valence-electron chi connectivity index (χ4n) is 3.93. The molecule has 1 unspecified atom stereocenters. The lowest BCUT2D eigenvalue weighted by Crippen LogP contribution is -2.34. The van der Waals surface area contributed by atoms with Crippen molar-refractivity contribution in [3.05, 3.63) is 59.8 Å². The van der Waals surface area contributed by atoms with Crippen LogP contribution in [0.2, 0.25) is 0 Å². The Kier molecular flexibility index (Phi) is 5.25. The Hall–Kier alpha value is -3.28. The second-order valence-electron chi connectivity index (χ2n) is 7.48. The van der Waals surface area contributed by atoms with Gasteiger partial charge in [-0.2, -0.15) is 0 Å². The minimum Gasteiger partial charge on any atom is -0.495 e. The van der Waals surface area contributed by atoms with Gasteiger partial charge in [-0.25, -0.2) is 0 Å². The first-order valence-corrected chi connectivity index (χ1v) is 9.84. The molecule has 150 valence electrons. The number of hydrogen-bond donors (Lipinski definition) is 2. The minimum atomic E-state index is -0.351. The summed E-state index contributed by atoms with van der Waals surface area (Å²) in [6.45, 7) is 2.88. The molecule has 2 heterocycles. The quantitative estimate of drug-likeness (QED) is 0.678. The molecule has 0 spiro atoms. The molecule has 2 aromatic carbocycles. The summed E-state index contributed by atoms with van der Waals surface area (Å²) < 4.78 is 5.40. The predicted molar refractivity (Wildman–Crippen MR) is 113 cm³/mol. The van der Waals surface area contributed by atoms with Crippen molar-refractivity contribution in [3.63, 3.8) is 0 Å². The van der Waals surface area contributed by atoms with E-state index in [0.717, 1.165) is 23.2 Å². The lowest BCUT2D eigenvalue weighted by molar-refractivity contribution is -0.126. The number of carbonyl (C=O) groups is 2. The molecule has 2 N–H and O–H groups in total. The molecule has 0 radical (unpaired) electrons. The third-order valence-corrected chi connectivity index (χ3v) is 5.49. The fourth-order valence-corrected chi connectivity index (χ4v) is 3.93. The van der Waals surface area contributed by atoms with Crippen LogP contribution in [0.25, 0.3) is 10.9 Å². The molecule has 4 rings (SSSR count). The Morgan fingerprint density at radius 3 is 2.93 bits per heavy atom. The molecule has 6 nitrogen and oxygen atoms in total. The molecular formula is C23H25N3O3. The molecule has 2 amide bonds. The number of fused-ring (bicyclic) bond motifs is 1. The van der Waals surface area contributed by atoms with Crippen molar-refractivity contribution < 1.29 is 14.3 Å². The molecule has 6 heteroatoms. The number of anilines is 1. The summed E-state index contributed by atoms with van der Waals surface area (Å²) in [5, 5.41) is 4.17. The van der Waals surface area contributed by atoms with Crippen LogP contribution in [0.4, 0.5) is 5.69 Å². The van der Waals surface area contributed by atoms with Gasteiger partial charge in [0.15, 0.2) is 0 Å². The third kappa shape index (κ3) is 3.83. The zero-order valence-electron chi connectivity index (χ0n) is 16.7. The second kappa shape index (κ2) is 7.99. The summed E-state index contributed by atoms with van der Waals surface area (Å²) in [5.41, 5.74) is 4.04. The molecule has 1 aliphatic rings. The third-order valence-electron chi connectivity index (χ3n) is 5.49. The Bertz CT molecular complexity index is 1060. The van der Waals surface area contributed by atoms with Gasteiger partial charge in [-0.3, -0.25) is 9.59 Å². The molecule has 1 saturated heterocycles. The van der Waals surface area contributed by atoms with Crippen molar-refractivity contribution >= 4 is 28.4 Å².